The lowest BCUT2D eigenvalue weighted by atomic mass is 9.90. The average molecular weight is 364 g/mol. The highest BCUT2D eigenvalue weighted by Gasteiger charge is 2.13. The van der Waals surface area contributed by atoms with Crippen LogP contribution in [0, 0.1) is 5.92 Å². The molecule has 4 heteroatoms. The average Bonchev–Trinajstić information content (AvgIpc) is 2.65. The smallest absolute Gasteiger partial charge is 0.251 e. The minimum Gasteiger partial charge on any atom is -0.348 e. The lowest BCUT2D eigenvalue weighted by Crippen LogP contribution is -2.23. The minimum atomic E-state index is -0.0578. The number of hydrogen-bond donors (Lipinski definition) is 2. The molecule has 4 nitrogen and oxygen atoms in total. The van der Waals surface area contributed by atoms with Gasteiger partial charge in [-0.1, -0.05) is 32.0 Å². The van der Waals surface area contributed by atoms with Crippen molar-refractivity contribution in [3.63, 3.8) is 0 Å². The zero-order chi connectivity index (χ0) is 19.2. The van der Waals surface area contributed by atoms with Gasteiger partial charge in [0.15, 0.2) is 0 Å². The van der Waals surface area contributed by atoms with Gasteiger partial charge in [-0.05, 0) is 72.6 Å². The molecule has 0 aliphatic heterocycles. The first-order valence-corrected chi connectivity index (χ1v) is 9.80. The molecule has 0 unspecified atom stereocenters. The number of nitrogens with one attached hydrogen (secondary N) is 2. The van der Waals surface area contributed by atoms with Crippen LogP contribution in [0.5, 0.6) is 0 Å². The maximum atomic E-state index is 12.5. The largest absolute Gasteiger partial charge is 0.348 e. The predicted octanol–water partition coefficient (Wildman–Crippen LogP) is 4.48. The van der Waals surface area contributed by atoms with Crippen LogP contribution in [0.3, 0.4) is 0 Å². The number of benzene rings is 2. The van der Waals surface area contributed by atoms with Gasteiger partial charge in [0, 0.05) is 24.2 Å². The minimum absolute atomic E-state index is 0.0141. The molecular weight excluding hydrogens is 336 g/mol. The van der Waals surface area contributed by atoms with E-state index in [0.29, 0.717) is 18.9 Å². The Morgan fingerprint density at radius 2 is 1.78 bits per heavy atom. The van der Waals surface area contributed by atoms with E-state index >= 15 is 0 Å². The van der Waals surface area contributed by atoms with Crippen molar-refractivity contribution in [2.24, 2.45) is 5.92 Å². The molecule has 0 saturated heterocycles. The molecule has 2 amide bonds. The van der Waals surface area contributed by atoms with Gasteiger partial charge >= 0.3 is 0 Å². The predicted molar refractivity (Wildman–Crippen MR) is 109 cm³/mol. The number of carbonyl (C=O) groups is 2. The normalized spacial score (nSPS) is 13.1. The summed E-state index contributed by atoms with van der Waals surface area (Å²) in [7, 11) is 0. The molecule has 142 valence electrons. The summed E-state index contributed by atoms with van der Waals surface area (Å²) in [4.78, 5) is 24.4. The van der Waals surface area contributed by atoms with E-state index in [-0.39, 0.29) is 11.8 Å². The van der Waals surface area contributed by atoms with Crippen LogP contribution in [-0.4, -0.2) is 11.8 Å². The SMILES string of the molecule is CC(C)CC(=O)Nc1cccc(CNC(=O)c2ccc3c(c2)CCCC3)c1. The van der Waals surface area contributed by atoms with Crippen molar-refractivity contribution in [1.82, 2.24) is 5.32 Å². The topological polar surface area (TPSA) is 58.2 Å². The van der Waals surface area contributed by atoms with Crippen molar-refractivity contribution in [3.05, 3.63) is 64.7 Å². The van der Waals surface area contributed by atoms with Gasteiger partial charge in [0.1, 0.15) is 0 Å². The van der Waals surface area contributed by atoms with Gasteiger partial charge in [-0.15, -0.1) is 0 Å². The number of aryl methyl sites for hydroxylation is 2. The molecule has 0 bridgehead atoms. The molecule has 2 N–H and O–H groups in total. The Morgan fingerprint density at radius 3 is 2.56 bits per heavy atom. The van der Waals surface area contributed by atoms with Crippen LogP contribution in [0.15, 0.2) is 42.5 Å². The van der Waals surface area contributed by atoms with Gasteiger partial charge in [0.2, 0.25) is 5.91 Å². The number of fused-ring (bicyclic) bond motifs is 1. The summed E-state index contributed by atoms with van der Waals surface area (Å²) < 4.78 is 0. The summed E-state index contributed by atoms with van der Waals surface area (Å²) in [6.07, 6.45) is 5.12. The van der Waals surface area contributed by atoms with E-state index < -0.39 is 0 Å². The van der Waals surface area contributed by atoms with E-state index in [0.717, 1.165) is 29.7 Å². The second kappa shape index (κ2) is 8.85. The number of anilines is 1. The molecule has 0 radical (unpaired) electrons. The van der Waals surface area contributed by atoms with Gasteiger partial charge in [-0.25, -0.2) is 0 Å². The summed E-state index contributed by atoms with van der Waals surface area (Å²) in [5.74, 6) is 0.280. The van der Waals surface area contributed by atoms with Gasteiger partial charge in [-0.3, -0.25) is 9.59 Å². The zero-order valence-electron chi connectivity index (χ0n) is 16.2. The molecule has 0 aromatic heterocycles. The van der Waals surface area contributed by atoms with Crippen LogP contribution in [0.1, 0.15) is 60.2 Å². The van der Waals surface area contributed by atoms with Gasteiger partial charge in [0.25, 0.3) is 5.91 Å². The van der Waals surface area contributed by atoms with Crippen LogP contribution in [0.4, 0.5) is 5.69 Å². The van der Waals surface area contributed by atoms with Crippen molar-refractivity contribution < 1.29 is 9.59 Å². The Morgan fingerprint density at radius 1 is 1.00 bits per heavy atom. The number of hydrogen-bond acceptors (Lipinski definition) is 2. The van der Waals surface area contributed by atoms with E-state index in [1.54, 1.807) is 0 Å². The highest BCUT2D eigenvalue weighted by molar-refractivity contribution is 5.94. The third-order valence-electron chi connectivity index (χ3n) is 4.87. The fourth-order valence-electron chi connectivity index (χ4n) is 3.50. The molecule has 0 spiro atoms. The Labute approximate surface area is 161 Å². The molecule has 0 atom stereocenters. The summed E-state index contributed by atoms with van der Waals surface area (Å²) >= 11 is 0. The van der Waals surface area contributed by atoms with Gasteiger partial charge in [0.05, 0.1) is 0 Å². The molecule has 2 aromatic rings. The summed E-state index contributed by atoms with van der Waals surface area (Å²) in [5.41, 5.74) is 5.13. The van der Waals surface area contributed by atoms with Crippen LogP contribution < -0.4 is 10.6 Å². The monoisotopic (exact) mass is 364 g/mol. The molecule has 0 saturated carbocycles. The molecule has 0 fully saturated rings. The molecule has 1 aliphatic carbocycles. The molecular formula is C23H28N2O2. The van der Waals surface area contributed by atoms with Crippen LogP contribution in [-0.2, 0) is 24.2 Å². The Balaban J connectivity index is 1.59. The van der Waals surface area contributed by atoms with Crippen LogP contribution in [0.25, 0.3) is 0 Å². The standard InChI is InChI=1S/C23H28N2O2/c1-16(2)12-22(26)25-21-9-5-6-17(13-21)15-24-23(27)20-11-10-18-7-3-4-8-19(18)14-20/h5-6,9-11,13-14,16H,3-4,7-8,12,15H2,1-2H3,(H,24,27)(H,25,26). The summed E-state index contributed by atoms with van der Waals surface area (Å²) in [6.45, 7) is 4.47. The number of carbonyl (C=O) groups excluding carboxylic acids is 2. The van der Waals surface area contributed by atoms with Crippen molar-refractivity contribution in [3.8, 4) is 0 Å². The molecule has 3 rings (SSSR count). The maximum absolute atomic E-state index is 12.5. The van der Waals surface area contributed by atoms with E-state index in [9.17, 15) is 9.59 Å². The maximum Gasteiger partial charge on any atom is 0.251 e. The number of amides is 2. The third-order valence-corrected chi connectivity index (χ3v) is 4.87. The molecule has 0 heterocycles. The fourth-order valence-corrected chi connectivity index (χ4v) is 3.50. The lowest BCUT2D eigenvalue weighted by molar-refractivity contribution is -0.116. The van der Waals surface area contributed by atoms with E-state index in [2.05, 4.69) is 16.7 Å². The first kappa shape index (κ1) is 19.2. The van der Waals surface area contributed by atoms with Gasteiger partial charge in [-0.2, -0.15) is 0 Å². The molecule has 1 aliphatic rings. The Kier molecular flexibility index (Phi) is 6.28. The molecule has 27 heavy (non-hydrogen) atoms. The number of rotatable bonds is 6. The van der Waals surface area contributed by atoms with Crippen LogP contribution in [0.2, 0.25) is 0 Å². The summed E-state index contributed by atoms with van der Waals surface area (Å²) in [5, 5.41) is 5.90. The first-order chi connectivity index (χ1) is 13.0. The first-order valence-electron chi connectivity index (χ1n) is 9.80. The molecule has 2 aromatic carbocycles. The van der Waals surface area contributed by atoms with Crippen molar-refractivity contribution in [2.45, 2.75) is 52.5 Å². The fraction of sp³-hybridized carbons (Fsp3) is 0.391. The van der Waals surface area contributed by atoms with E-state index in [1.807, 2.05) is 50.2 Å². The highest BCUT2D eigenvalue weighted by Crippen LogP contribution is 2.22. The Bertz CT molecular complexity index is 827. The van der Waals surface area contributed by atoms with E-state index in [4.69, 9.17) is 0 Å². The zero-order valence-corrected chi connectivity index (χ0v) is 16.2. The highest BCUT2D eigenvalue weighted by atomic mass is 16.2. The van der Waals surface area contributed by atoms with Crippen molar-refractivity contribution >= 4 is 17.5 Å². The second-order valence-corrected chi connectivity index (χ2v) is 7.72. The second-order valence-electron chi connectivity index (χ2n) is 7.72. The lowest BCUT2D eigenvalue weighted by Gasteiger charge is -2.16. The Hall–Kier alpha value is -2.62. The van der Waals surface area contributed by atoms with Gasteiger partial charge < -0.3 is 10.6 Å². The summed E-state index contributed by atoms with van der Waals surface area (Å²) in [6, 6.07) is 13.7. The quantitative estimate of drug-likeness (QED) is 0.794. The van der Waals surface area contributed by atoms with E-state index in [1.165, 1.54) is 24.0 Å². The van der Waals surface area contributed by atoms with Crippen molar-refractivity contribution in [2.75, 3.05) is 5.32 Å². The van der Waals surface area contributed by atoms with Crippen molar-refractivity contribution in [1.29, 1.82) is 0 Å². The third kappa shape index (κ3) is 5.43. The van der Waals surface area contributed by atoms with Crippen LogP contribution >= 0.6 is 0 Å².